The van der Waals surface area contributed by atoms with Gasteiger partial charge in [-0.2, -0.15) is 0 Å². The molecule has 0 radical (unpaired) electrons. The summed E-state index contributed by atoms with van der Waals surface area (Å²) in [4.78, 5) is 10.3. The molecule has 1 rings (SSSR count). The number of halogens is 2. The SMILES string of the molecule is NC(=O)OCc1cc(Br)ccc1Cl. The van der Waals surface area contributed by atoms with Crippen LogP contribution in [0.15, 0.2) is 22.7 Å². The first-order chi connectivity index (χ1) is 6.09. The van der Waals surface area contributed by atoms with Gasteiger partial charge in [0.25, 0.3) is 0 Å². The Morgan fingerprint density at radius 3 is 2.92 bits per heavy atom. The molecule has 0 aliphatic carbocycles. The van der Waals surface area contributed by atoms with Crippen molar-refractivity contribution in [1.82, 2.24) is 0 Å². The standard InChI is InChI=1S/C8H7BrClNO2/c9-6-1-2-7(10)5(3-6)4-13-8(11)12/h1-3H,4H2,(H2,11,12). The minimum Gasteiger partial charge on any atom is -0.445 e. The van der Waals surface area contributed by atoms with Gasteiger partial charge in [0.15, 0.2) is 0 Å². The molecule has 0 heterocycles. The summed E-state index contributed by atoms with van der Waals surface area (Å²) in [6.45, 7) is 0.0909. The van der Waals surface area contributed by atoms with Crippen molar-refractivity contribution in [3.05, 3.63) is 33.3 Å². The van der Waals surface area contributed by atoms with E-state index < -0.39 is 6.09 Å². The Bertz CT molecular complexity index is 330. The van der Waals surface area contributed by atoms with E-state index in [-0.39, 0.29) is 6.61 Å². The number of carbonyl (C=O) groups excluding carboxylic acids is 1. The molecule has 3 nitrogen and oxygen atoms in total. The summed E-state index contributed by atoms with van der Waals surface area (Å²) in [7, 11) is 0. The van der Waals surface area contributed by atoms with Crippen molar-refractivity contribution < 1.29 is 9.53 Å². The van der Waals surface area contributed by atoms with Gasteiger partial charge in [-0.15, -0.1) is 0 Å². The summed E-state index contributed by atoms with van der Waals surface area (Å²) in [5.74, 6) is 0. The second kappa shape index (κ2) is 4.48. The topological polar surface area (TPSA) is 52.3 Å². The molecule has 2 N–H and O–H groups in total. The molecule has 0 aliphatic heterocycles. The minimum atomic E-state index is -0.809. The van der Waals surface area contributed by atoms with E-state index in [1.54, 1.807) is 18.2 Å². The lowest BCUT2D eigenvalue weighted by Gasteiger charge is -2.04. The average Bonchev–Trinajstić information content (AvgIpc) is 2.06. The fourth-order valence-electron chi connectivity index (χ4n) is 0.803. The number of benzene rings is 1. The molecular weight excluding hydrogens is 257 g/mol. The summed E-state index contributed by atoms with van der Waals surface area (Å²) >= 11 is 9.10. The molecule has 0 spiro atoms. The van der Waals surface area contributed by atoms with E-state index >= 15 is 0 Å². The molecule has 1 aromatic carbocycles. The van der Waals surface area contributed by atoms with Crippen molar-refractivity contribution >= 4 is 33.6 Å². The molecule has 70 valence electrons. The number of amides is 1. The van der Waals surface area contributed by atoms with Gasteiger partial charge in [-0.1, -0.05) is 27.5 Å². The second-order valence-electron chi connectivity index (χ2n) is 2.34. The Labute approximate surface area is 88.9 Å². The third kappa shape index (κ3) is 3.24. The van der Waals surface area contributed by atoms with Gasteiger partial charge < -0.3 is 10.5 Å². The fourth-order valence-corrected chi connectivity index (χ4v) is 1.38. The maximum Gasteiger partial charge on any atom is 0.404 e. The highest BCUT2D eigenvalue weighted by Crippen LogP contribution is 2.21. The predicted octanol–water partition coefficient (Wildman–Crippen LogP) is 2.70. The maximum absolute atomic E-state index is 10.3. The average molecular weight is 265 g/mol. The number of hydrogen-bond donors (Lipinski definition) is 1. The van der Waals surface area contributed by atoms with E-state index in [1.165, 1.54) is 0 Å². The van der Waals surface area contributed by atoms with Crippen molar-refractivity contribution in [2.45, 2.75) is 6.61 Å². The molecule has 0 unspecified atom stereocenters. The minimum absolute atomic E-state index is 0.0909. The van der Waals surface area contributed by atoms with E-state index in [0.717, 1.165) is 10.0 Å². The van der Waals surface area contributed by atoms with Crippen molar-refractivity contribution in [2.75, 3.05) is 0 Å². The summed E-state index contributed by atoms with van der Waals surface area (Å²) in [6, 6.07) is 5.28. The van der Waals surface area contributed by atoms with E-state index in [9.17, 15) is 4.79 Å². The van der Waals surface area contributed by atoms with Gasteiger partial charge in [-0.25, -0.2) is 4.79 Å². The van der Waals surface area contributed by atoms with Crippen LogP contribution < -0.4 is 5.73 Å². The molecule has 13 heavy (non-hydrogen) atoms. The van der Waals surface area contributed by atoms with Crippen LogP contribution in [0.1, 0.15) is 5.56 Å². The summed E-state index contributed by atoms with van der Waals surface area (Å²) in [5, 5.41) is 0.546. The smallest absolute Gasteiger partial charge is 0.404 e. The summed E-state index contributed by atoms with van der Waals surface area (Å²) < 4.78 is 5.47. The van der Waals surface area contributed by atoms with Gasteiger partial charge in [0, 0.05) is 15.1 Å². The lowest BCUT2D eigenvalue weighted by Crippen LogP contribution is -2.12. The van der Waals surface area contributed by atoms with Gasteiger partial charge >= 0.3 is 6.09 Å². The van der Waals surface area contributed by atoms with Gasteiger partial charge in [0.2, 0.25) is 0 Å². The Kier molecular flexibility index (Phi) is 3.57. The molecule has 0 saturated carbocycles. The van der Waals surface area contributed by atoms with Crippen molar-refractivity contribution in [1.29, 1.82) is 0 Å². The number of primary amides is 1. The Hall–Kier alpha value is -0.740. The normalized spacial score (nSPS) is 9.69. The third-order valence-electron chi connectivity index (χ3n) is 1.38. The van der Waals surface area contributed by atoms with E-state index in [4.69, 9.17) is 17.3 Å². The zero-order valence-corrected chi connectivity index (χ0v) is 8.93. The highest BCUT2D eigenvalue weighted by molar-refractivity contribution is 9.10. The van der Waals surface area contributed by atoms with Crippen LogP contribution in [0.25, 0.3) is 0 Å². The lowest BCUT2D eigenvalue weighted by molar-refractivity contribution is 0.150. The van der Waals surface area contributed by atoms with Crippen LogP contribution in [0.5, 0.6) is 0 Å². The van der Waals surface area contributed by atoms with Gasteiger partial charge in [0.1, 0.15) is 6.61 Å². The zero-order valence-electron chi connectivity index (χ0n) is 6.59. The number of hydrogen-bond acceptors (Lipinski definition) is 2. The number of nitrogens with two attached hydrogens (primary N) is 1. The molecule has 0 saturated heterocycles. The van der Waals surface area contributed by atoms with E-state index in [2.05, 4.69) is 20.7 Å². The zero-order chi connectivity index (χ0) is 9.84. The quantitative estimate of drug-likeness (QED) is 0.893. The van der Waals surface area contributed by atoms with Gasteiger partial charge in [-0.05, 0) is 18.2 Å². The molecular formula is C8H7BrClNO2. The van der Waals surface area contributed by atoms with Crippen LogP contribution in [0.2, 0.25) is 5.02 Å². The van der Waals surface area contributed by atoms with Gasteiger partial charge in [0.05, 0.1) is 0 Å². The van der Waals surface area contributed by atoms with Crippen molar-refractivity contribution in [3.63, 3.8) is 0 Å². The first-order valence-electron chi connectivity index (χ1n) is 3.46. The molecule has 0 atom stereocenters. The Morgan fingerprint density at radius 2 is 2.31 bits per heavy atom. The third-order valence-corrected chi connectivity index (χ3v) is 2.24. The first-order valence-corrected chi connectivity index (χ1v) is 4.63. The maximum atomic E-state index is 10.3. The largest absolute Gasteiger partial charge is 0.445 e. The first kappa shape index (κ1) is 10.3. The monoisotopic (exact) mass is 263 g/mol. The highest BCUT2D eigenvalue weighted by atomic mass is 79.9. The molecule has 0 bridgehead atoms. The van der Waals surface area contributed by atoms with Gasteiger partial charge in [-0.3, -0.25) is 0 Å². The van der Waals surface area contributed by atoms with Crippen LogP contribution in [0, 0.1) is 0 Å². The second-order valence-corrected chi connectivity index (χ2v) is 3.67. The van der Waals surface area contributed by atoms with Crippen LogP contribution in [-0.4, -0.2) is 6.09 Å². The molecule has 1 amide bonds. The van der Waals surface area contributed by atoms with Crippen LogP contribution >= 0.6 is 27.5 Å². The van der Waals surface area contributed by atoms with Crippen molar-refractivity contribution in [2.24, 2.45) is 5.73 Å². The highest BCUT2D eigenvalue weighted by Gasteiger charge is 2.02. The summed E-state index contributed by atoms with van der Waals surface area (Å²) in [5.41, 5.74) is 5.53. The van der Waals surface area contributed by atoms with E-state index in [1.807, 2.05) is 0 Å². The summed E-state index contributed by atoms with van der Waals surface area (Å²) in [6.07, 6.45) is -0.809. The Balaban J connectivity index is 2.75. The van der Waals surface area contributed by atoms with Crippen LogP contribution in [-0.2, 0) is 11.3 Å². The molecule has 0 aromatic heterocycles. The molecule has 0 fully saturated rings. The predicted molar refractivity (Wildman–Crippen MR) is 53.5 cm³/mol. The van der Waals surface area contributed by atoms with Crippen LogP contribution in [0.4, 0.5) is 4.79 Å². The van der Waals surface area contributed by atoms with Crippen molar-refractivity contribution in [3.8, 4) is 0 Å². The number of ether oxygens (including phenoxy) is 1. The molecule has 5 heteroatoms. The van der Waals surface area contributed by atoms with Crippen LogP contribution in [0.3, 0.4) is 0 Å². The van der Waals surface area contributed by atoms with E-state index in [0.29, 0.717) is 5.02 Å². The number of rotatable bonds is 2. The lowest BCUT2D eigenvalue weighted by atomic mass is 10.2. The molecule has 1 aromatic rings. The Morgan fingerprint density at radius 1 is 1.62 bits per heavy atom. The number of carbonyl (C=O) groups is 1. The fraction of sp³-hybridized carbons (Fsp3) is 0.125. The molecule has 0 aliphatic rings.